The standard InChI is InChI=1S/C10H16O/c1-9(2)6-8(11)10(3)5-4-7(9)10/h4-5,7-8,11H,6H2,1-3H3. The summed E-state index contributed by atoms with van der Waals surface area (Å²) in [5.41, 5.74) is 0.409. The van der Waals surface area contributed by atoms with E-state index in [1.54, 1.807) is 0 Å². The lowest BCUT2D eigenvalue weighted by Gasteiger charge is -2.41. The molecule has 3 atom stereocenters. The van der Waals surface area contributed by atoms with Crippen molar-refractivity contribution in [1.29, 1.82) is 0 Å². The molecule has 62 valence electrons. The highest BCUT2D eigenvalue weighted by Gasteiger charge is 2.56. The first-order valence-electron chi connectivity index (χ1n) is 4.34. The van der Waals surface area contributed by atoms with E-state index >= 15 is 0 Å². The van der Waals surface area contributed by atoms with E-state index in [9.17, 15) is 5.11 Å². The summed E-state index contributed by atoms with van der Waals surface area (Å²) in [6.07, 6.45) is 5.24. The number of hydrogen-bond acceptors (Lipinski definition) is 1. The first kappa shape index (κ1) is 7.35. The Hall–Kier alpha value is -0.300. The van der Waals surface area contributed by atoms with Gasteiger partial charge in [-0.15, -0.1) is 0 Å². The van der Waals surface area contributed by atoms with Gasteiger partial charge in [-0.25, -0.2) is 0 Å². The summed E-state index contributed by atoms with van der Waals surface area (Å²) in [6, 6.07) is 0. The molecule has 0 aromatic carbocycles. The second-order valence-corrected chi connectivity index (χ2v) is 4.91. The SMILES string of the molecule is CC1(C)CC(O)C2(C)C=CC12. The second kappa shape index (κ2) is 1.71. The molecule has 1 fully saturated rings. The Labute approximate surface area is 68.1 Å². The Morgan fingerprint density at radius 3 is 2.18 bits per heavy atom. The molecule has 0 spiro atoms. The quantitative estimate of drug-likeness (QED) is 0.526. The molecular weight excluding hydrogens is 136 g/mol. The summed E-state index contributed by atoms with van der Waals surface area (Å²) >= 11 is 0. The summed E-state index contributed by atoms with van der Waals surface area (Å²) in [7, 11) is 0. The lowest BCUT2D eigenvalue weighted by Crippen LogP contribution is -2.37. The van der Waals surface area contributed by atoms with E-state index in [0.717, 1.165) is 6.42 Å². The Balaban J connectivity index is 2.36. The maximum absolute atomic E-state index is 9.76. The molecule has 0 aromatic rings. The predicted molar refractivity (Wildman–Crippen MR) is 45.1 cm³/mol. The van der Waals surface area contributed by atoms with Crippen molar-refractivity contribution in [2.45, 2.75) is 33.3 Å². The molecule has 0 heterocycles. The van der Waals surface area contributed by atoms with Crippen molar-refractivity contribution in [3.05, 3.63) is 12.2 Å². The van der Waals surface area contributed by atoms with Crippen LogP contribution in [0.4, 0.5) is 0 Å². The van der Waals surface area contributed by atoms with Crippen LogP contribution in [0, 0.1) is 16.7 Å². The smallest absolute Gasteiger partial charge is 0.0639 e. The molecule has 1 N–H and O–H groups in total. The molecule has 0 aliphatic heterocycles. The number of aliphatic hydroxyl groups excluding tert-OH is 1. The molecule has 1 heteroatoms. The number of rotatable bonds is 0. The van der Waals surface area contributed by atoms with Crippen molar-refractivity contribution < 1.29 is 5.11 Å². The van der Waals surface area contributed by atoms with Crippen LogP contribution in [0.5, 0.6) is 0 Å². The zero-order valence-corrected chi connectivity index (χ0v) is 7.46. The Kier molecular flexibility index (Phi) is 1.15. The van der Waals surface area contributed by atoms with E-state index in [-0.39, 0.29) is 11.5 Å². The first-order valence-corrected chi connectivity index (χ1v) is 4.34. The van der Waals surface area contributed by atoms with Gasteiger partial charge in [0, 0.05) is 5.41 Å². The second-order valence-electron chi connectivity index (χ2n) is 4.91. The van der Waals surface area contributed by atoms with Crippen LogP contribution in [0.3, 0.4) is 0 Å². The summed E-state index contributed by atoms with van der Waals surface area (Å²) in [5.74, 6) is 0.602. The van der Waals surface area contributed by atoms with Crippen LogP contribution in [0.25, 0.3) is 0 Å². The number of aliphatic hydroxyl groups is 1. The van der Waals surface area contributed by atoms with Crippen molar-refractivity contribution in [2.24, 2.45) is 16.7 Å². The first-order chi connectivity index (χ1) is 4.97. The molecule has 3 unspecified atom stereocenters. The third kappa shape index (κ3) is 0.698. The van der Waals surface area contributed by atoms with Crippen LogP contribution in [0.1, 0.15) is 27.2 Å². The minimum Gasteiger partial charge on any atom is -0.392 e. The lowest BCUT2D eigenvalue weighted by molar-refractivity contribution is 0.0724. The van der Waals surface area contributed by atoms with Crippen LogP contribution in [-0.2, 0) is 0 Å². The van der Waals surface area contributed by atoms with Gasteiger partial charge in [-0.05, 0) is 17.8 Å². The Morgan fingerprint density at radius 2 is 2.00 bits per heavy atom. The van der Waals surface area contributed by atoms with Crippen molar-refractivity contribution in [1.82, 2.24) is 0 Å². The van der Waals surface area contributed by atoms with Crippen molar-refractivity contribution in [3.63, 3.8) is 0 Å². The van der Waals surface area contributed by atoms with E-state index in [0.29, 0.717) is 11.3 Å². The topological polar surface area (TPSA) is 20.2 Å². The predicted octanol–water partition coefficient (Wildman–Crippen LogP) is 1.97. The van der Waals surface area contributed by atoms with Gasteiger partial charge in [0.1, 0.15) is 0 Å². The van der Waals surface area contributed by atoms with Crippen molar-refractivity contribution in [3.8, 4) is 0 Å². The van der Waals surface area contributed by atoms with Gasteiger partial charge >= 0.3 is 0 Å². The van der Waals surface area contributed by atoms with Gasteiger partial charge in [0.25, 0.3) is 0 Å². The molecule has 2 aliphatic rings. The zero-order chi connectivity index (χ0) is 8.28. The van der Waals surface area contributed by atoms with Crippen LogP contribution >= 0.6 is 0 Å². The van der Waals surface area contributed by atoms with Gasteiger partial charge in [0.05, 0.1) is 6.10 Å². The van der Waals surface area contributed by atoms with Crippen molar-refractivity contribution in [2.75, 3.05) is 0 Å². The van der Waals surface area contributed by atoms with E-state index in [1.807, 2.05) is 0 Å². The molecule has 0 radical (unpaired) electrons. The summed E-state index contributed by atoms with van der Waals surface area (Å²) in [6.45, 7) is 6.66. The fourth-order valence-electron chi connectivity index (χ4n) is 2.76. The molecule has 0 saturated heterocycles. The molecule has 1 saturated carbocycles. The number of fused-ring (bicyclic) bond motifs is 1. The highest BCUT2D eigenvalue weighted by Crippen LogP contribution is 2.60. The molecule has 0 amide bonds. The van der Waals surface area contributed by atoms with Gasteiger partial charge in [-0.2, -0.15) is 0 Å². The third-order valence-electron chi connectivity index (χ3n) is 3.60. The molecule has 0 bridgehead atoms. The maximum atomic E-state index is 9.76. The molecule has 2 rings (SSSR count). The van der Waals surface area contributed by atoms with E-state index in [4.69, 9.17) is 0 Å². The summed E-state index contributed by atoms with van der Waals surface area (Å²) < 4.78 is 0. The average molecular weight is 152 g/mol. The summed E-state index contributed by atoms with van der Waals surface area (Å²) in [4.78, 5) is 0. The molecule has 2 aliphatic carbocycles. The molecule has 1 nitrogen and oxygen atoms in total. The number of allylic oxidation sites excluding steroid dienone is 1. The monoisotopic (exact) mass is 152 g/mol. The minimum atomic E-state index is -0.118. The average Bonchev–Trinajstić information content (AvgIpc) is 1.88. The van der Waals surface area contributed by atoms with E-state index in [1.165, 1.54) is 0 Å². The minimum absolute atomic E-state index is 0.101. The normalized spacial score (nSPS) is 52.0. The Morgan fingerprint density at radius 1 is 1.36 bits per heavy atom. The molecular formula is C10H16O. The van der Waals surface area contributed by atoms with Gasteiger partial charge in [0.15, 0.2) is 0 Å². The van der Waals surface area contributed by atoms with Gasteiger partial charge in [0.2, 0.25) is 0 Å². The van der Waals surface area contributed by atoms with Gasteiger partial charge in [-0.1, -0.05) is 32.9 Å². The third-order valence-corrected chi connectivity index (χ3v) is 3.60. The van der Waals surface area contributed by atoms with E-state index < -0.39 is 0 Å². The molecule has 0 aromatic heterocycles. The number of hydrogen-bond donors (Lipinski definition) is 1. The van der Waals surface area contributed by atoms with E-state index in [2.05, 4.69) is 32.9 Å². The van der Waals surface area contributed by atoms with Crippen LogP contribution in [0.15, 0.2) is 12.2 Å². The Bertz CT molecular complexity index is 217. The van der Waals surface area contributed by atoms with Crippen molar-refractivity contribution >= 4 is 0 Å². The maximum Gasteiger partial charge on any atom is 0.0639 e. The molecule has 11 heavy (non-hydrogen) atoms. The fourth-order valence-corrected chi connectivity index (χ4v) is 2.76. The highest BCUT2D eigenvalue weighted by molar-refractivity contribution is 5.27. The lowest BCUT2D eigenvalue weighted by atomic mass is 9.64. The van der Waals surface area contributed by atoms with Gasteiger partial charge in [-0.3, -0.25) is 0 Å². The van der Waals surface area contributed by atoms with Crippen LogP contribution in [-0.4, -0.2) is 11.2 Å². The largest absolute Gasteiger partial charge is 0.392 e. The highest BCUT2D eigenvalue weighted by atomic mass is 16.3. The fraction of sp³-hybridized carbons (Fsp3) is 0.800. The van der Waals surface area contributed by atoms with Crippen LogP contribution < -0.4 is 0 Å². The van der Waals surface area contributed by atoms with Gasteiger partial charge < -0.3 is 5.11 Å². The zero-order valence-electron chi connectivity index (χ0n) is 7.46. The van der Waals surface area contributed by atoms with Crippen LogP contribution in [0.2, 0.25) is 0 Å². The summed E-state index contributed by atoms with van der Waals surface area (Å²) in [5, 5.41) is 9.76.